The van der Waals surface area contributed by atoms with Crippen molar-refractivity contribution in [1.29, 1.82) is 0 Å². The maximum atomic E-state index is 12.2. The van der Waals surface area contributed by atoms with Gasteiger partial charge < -0.3 is 10.2 Å². The molecule has 1 heterocycles. The number of carbonyl (C=O) groups is 2. The summed E-state index contributed by atoms with van der Waals surface area (Å²) in [5, 5.41) is 2.83. The van der Waals surface area contributed by atoms with E-state index in [2.05, 4.69) is 5.32 Å². The van der Waals surface area contributed by atoms with Crippen molar-refractivity contribution in [2.75, 3.05) is 13.1 Å². The number of carbonyl (C=O) groups excluding carboxylic acids is 2. The van der Waals surface area contributed by atoms with Crippen LogP contribution in [-0.2, 0) is 9.59 Å². The fourth-order valence-corrected chi connectivity index (χ4v) is 3.19. The van der Waals surface area contributed by atoms with Crippen LogP contribution in [-0.4, -0.2) is 35.8 Å². The van der Waals surface area contributed by atoms with Crippen LogP contribution in [0.4, 0.5) is 0 Å². The zero-order chi connectivity index (χ0) is 13.0. The second kappa shape index (κ2) is 6.21. The maximum Gasteiger partial charge on any atom is 0.242 e. The van der Waals surface area contributed by atoms with Crippen LogP contribution in [0.3, 0.4) is 0 Å². The van der Waals surface area contributed by atoms with E-state index in [0.29, 0.717) is 25.9 Å². The lowest BCUT2D eigenvalue weighted by molar-refractivity contribution is -0.143. The number of hydrogen-bond donors (Lipinski definition) is 1. The van der Waals surface area contributed by atoms with Crippen LogP contribution in [0, 0.1) is 5.92 Å². The fraction of sp³-hybridized carbons (Fsp3) is 0.857. The highest BCUT2D eigenvalue weighted by Gasteiger charge is 2.31. The number of piperazine rings is 1. The molecule has 1 saturated carbocycles. The highest BCUT2D eigenvalue weighted by atomic mass is 16.2. The molecule has 0 aromatic rings. The minimum absolute atomic E-state index is 0.0120. The van der Waals surface area contributed by atoms with E-state index < -0.39 is 0 Å². The minimum Gasteiger partial charge on any atom is -0.353 e. The summed E-state index contributed by atoms with van der Waals surface area (Å²) in [6, 6.07) is -0.241. The molecule has 2 amide bonds. The van der Waals surface area contributed by atoms with Gasteiger partial charge in [0.25, 0.3) is 0 Å². The molecule has 1 saturated heterocycles. The summed E-state index contributed by atoms with van der Waals surface area (Å²) in [4.78, 5) is 25.7. The molecule has 4 nitrogen and oxygen atoms in total. The van der Waals surface area contributed by atoms with Crippen LogP contribution in [0.15, 0.2) is 0 Å². The zero-order valence-electron chi connectivity index (χ0n) is 11.3. The van der Waals surface area contributed by atoms with E-state index in [0.717, 1.165) is 12.3 Å². The van der Waals surface area contributed by atoms with Gasteiger partial charge >= 0.3 is 0 Å². The SMILES string of the molecule is CCC1C(=O)NCCN1C(=O)CCC1CCCC1. The van der Waals surface area contributed by atoms with E-state index in [1.54, 1.807) is 4.90 Å². The first-order valence-corrected chi connectivity index (χ1v) is 7.29. The van der Waals surface area contributed by atoms with Crippen LogP contribution in [0.5, 0.6) is 0 Å². The van der Waals surface area contributed by atoms with Crippen molar-refractivity contribution in [3.8, 4) is 0 Å². The molecule has 2 rings (SSSR count). The first-order valence-electron chi connectivity index (χ1n) is 7.29. The molecule has 1 atom stereocenters. The monoisotopic (exact) mass is 252 g/mol. The van der Waals surface area contributed by atoms with Crippen LogP contribution < -0.4 is 5.32 Å². The fourth-order valence-electron chi connectivity index (χ4n) is 3.19. The molecule has 102 valence electrons. The lowest BCUT2D eigenvalue weighted by atomic mass is 10.0. The van der Waals surface area contributed by atoms with Crippen molar-refractivity contribution in [3.05, 3.63) is 0 Å². The van der Waals surface area contributed by atoms with E-state index >= 15 is 0 Å². The van der Waals surface area contributed by atoms with Gasteiger partial charge in [-0.3, -0.25) is 9.59 Å². The normalized spacial score (nSPS) is 25.3. The summed E-state index contributed by atoms with van der Waals surface area (Å²) in [5.41, 5.74) is 0. The number of nitrogens with zero attached hydrogens (tertiary/aromatic N) is 1. The Bertz CT molecular complexity index is 311. The molecule has 0 aromatic heterocycles. The van der Waals surface area contributed by atoms with Crippen LogP contribution >= 0.6 is 0 Å². The predicted octanol–water partition coefficient (Wildman–Crippen LogP) is 1.69. The second-order valence-corrected chi connectivity index (χ2v) is 5.49. The average Bonchev–Trinajstić information content (AvgIpc) is 2.88. The van der Waals surface area contributed by atoms with Gasteiger partial charge in [-0.05, 0) is 18.8 Å². The summed E-state index contributed by atoms with van der Waals surface area (Å²) in [7, 11) is 0. The smallest absolute Gasteiger partial charge is 0.242 e. The van der Waals surface area contributed by atoms with Crippen molar-refractivity contribution >= 4 is 11.8 Å². The second-order valence-electron chi connectivity index (χ2n) is 5.49. The molecule has 4 heteroatoms. The standard InChI is InChI=1S/C14H24N2O2/c1-2-12-14(18)15-9-10-16(12)13(17)8-7-11-5-3-4-6-11/h11-12H,2-10H2,1H3,(H,15,18). The van der Waals surface area contributed by atoms with Crippen molar-refractivity contribution in [2.24, 2.45) is 5.92 Å². The molecule has 18 heavy (non-hydrogen) atoms. The van der Waals surface area contributed by atoms with Gasteiger partial charge in [0.2, 0.25) is 11.8 Å². The van der Waals surface area contributed by atoms with Crippen molar-refractivity contribution in [2.45, 2.75) is 57.9 Å². The largest absolute Gasteiger partial charge is 0.353 e. The van der Waals surface area contributed by atoms with Crippen LogP contribution in [0.25, 0.3) is 0 Å². The van der Waals surface area contributed by atoms with Crippen LogP contribution in [0.2, 0.25) is 0 Å². The molecule has 1 aliphatic heterocycles. The topological polar surface area (TPSA) is 49.4 Å². The van der Waals surface area contributed by atoms with E-state index in [4.69, 9.17) is 0 Å². The number of nitrogens with one attached hydrogen (secondary N) is 1. The molecule has 1 N–H and O–H groups in total. The Morgan fingerprint density at radius 1 is 1.39 bits per heavy atom. The van der Waals surface area contributed by atoms with Gasteiger partial charge in [-0.1, -0.05) is 32.6 Å². The maximum absolute atomic E-state index is 12.2. The average molecular weight is 252 g/mol. The summed E-state index contributed by atoms with van der Waals surface area (Å²) in [5.74, 6) is 0.925. The quantitative estimate of drug-likeness (QED) is 0.828. The minimum atomic E-state index is -0.241. The van der Waals surface area contributed by atoms with Crippen molar-refractivity contribution < 1.29 is 9.59 Å². The third kappa shape index (κ3) is 3.03. The molecule has 1 aliphatic carbocycles. The van der Waals surface area contributed by atoms with E-state index in [9.17, 15) is 9.59 Å². The summed E-state index contributed by atoms with van der Waals surface area (Å²) >= 11 is 0. The third-order valence-corrected chi connectivity index (χ3v) is 4.28. The van der Waals surface area contributed by atoms with Gasteiger partial charge in [0.1, 0.15) is 6.04 Å². The van der Waals surface area contributed by atoms with Crippen molar-refractivity contribution in [1.82, 2.24) is 10.2 Å². The lowest BCUT2D eigenvalue weighted by Crippen LogP contribution is -2.56. The molecule has 2 fully saturated rings. The van der Waals surface area contributed by atoms with Crippen LogP contribution in [0.1, 0.15) is 51.9 Å². The Morgan fingerprint density at radius 2 is 2.11 bits per heavy atom. The van der Waals surface area contributed by atoms with Gasteiger partial charge in [0.15, 0.2) is 0 Å². The van der Waals surface area contributed by atoms with Gasteiger partial charge in [-0.2, -0.15) is 0 Å². The Kier molecular flexibility index (Phi) is 4.61. The molecule has 0 bridgehead atoms. The van der Waals surface area contributed by atoms with E-state index in [1.165, 1.54) is 25.7 Å². The highest BCUT2D eigenvalue weighted by molar-refractivity contribution is 5.88. The zero-order valence-corrected chi connectivity index (χ0v) is 11.3. The number of rotatable bonds is 4. The Labute approximate surface area is 109 Å². The van der Waals surface area contributed by atoms with Gasteiger partial charge in [-0.15, -0.1) is 0 Å². The summed E-state index contributed by atoms with van der Waals surface area (Å²) < 4.78 is 0. The molecule has 2 aliphatic rings. The number of hydrogen-bond acceptors (Lipinski definition) is 2. The van der Waals surface area contributed by atoms with Gasteiger partial charge in [-0.25, -0.2) is 0 Å². The molecular formula is C14H24N2O2. The summed E-state index contributed by atoms with van der Waals surface area (Å²) in [6.07, 6.45) is 7.55. The van der Waals surface area contributed by atoms with E-state index in [1.807, 2.05) is 6.92 Å². The van der Waals surface area contributed by atoms with Crippen molar-refractivity contribution in [3.63, 3.8) is 0 Å². The third-order valence-electron chi connectivity index (χ3n) is 4.28. The summed E-state index contributed by atoms with van der Waals surface area (Å²) in [6.45, 7) is 3.24. The first kappa shape index (κ1) is 13.4. The Morgan fingerprint density at radius 3 is 2.78 bits per heavy atom. The van der Waals surface area contributed by atoms with Gasteiger partial charge in [0, 0.05) is 19.5 Å². The predicted molar refractivity (Wildman–Crippen MR) is 70.0 cm³/mol. The molecule has 1 unspecified atom stereocenters. The lowest BCUT2D eigenvalue weighted by Gasteiger charge is -2.34. The van der Waals surface area contributed by atoms with E-state index in [-0.39, 0.29) is 17.9 Å². The Hall–Kier alpha value is -1.06. The molecule has 0 aromatic carbocycles. The van der Waals surface area contributed by atoms with Gasteiger partial charge in [0.05, 0.1) is 0 Å². The molecular weight excluding hydrogens is 228 g/mol. The molecule has 0 spiro atoms. The number of amides is 2. The highest BCUT2D eigenvalue weighted by Crippen LogP contribution is 2.29. The molecule has 0 radical (unpaired) electrons. The first-order chi connectivity index (χ1) is 8.72. The Balaban J connectivity index is 1.84.